The lowest BCUT2D eigenvalue weighted by Gasteiger charge is -2.11. The molecule has 5 heteroatoms. The molecular formula is C15H15ClO3S. The molecule has 3 nitrogen and oxygen atoms in total. The maximum Gasteiger partial charge on any atom is 0.206 e. The molecule has 0 N–H and O–H groups in total. The van der Waals surface area contributed by atoms with Gasteiger partial charge < -0.3 is 9.47 Å². The van der Waals surface area contributed by atoms with Crippen LogP contribution < -0.4 is 9.47 Å². The molecule has 0 saturated carbocycles. The fourth-order valence-electron chi connectivity index (χ4n) is 1.89. The van der Waals surface area contributed by atoms with Crippen molar-refractivity contribution in [3.8, 4) is 11.5 Å². The van der Waals surface area contributed by atoms with E-state index in [1.807, 2.05) is 19.9 Å². The number of ketones is 1. The molecule has 1 aromatic heterocycles. The lowest BCUT2D eigenvalue weighted by molar-refractivity contribution is 0.103. The number of benzene rings is 1. The van der Waals surface area contributed by atoms with Crippen LogP contribution in [0.15, 0.2) is 18.2 Å². The molecule has 0 atom stereocenters. The number of carbonyl (C=O) groups is 1. The minimum absolute atomic E-state index is 0.0902. The van der Waals surface area contributed by atoms with Gasteiger partial charge in [-0.05, 0) is 37.6 Å². The number of carbonyl (C=O) groups excluding carboxylic acids is 1. The molecule has 0 aliphatic heterocycles. The summed E-state index contributed by atoms with van der Waals surface area (Å²) in [5.74, 6) is 0.742. The number of hydrogen-bond acceptors (Lipinski definition) is 4. The van der Waals surface area contributed by atoms with Crippen LogP contribution in [0.4, 0.5) is 0 Å². The van der Waals surface area contributed by atoms with E-state index in [0.29, 0.717) is 27.0 Å². The molecule has 0 radical (unpaired) electrons. The maximum absolute atomic E-state index is 12.6. The Labute approximate surface area is 127 Å². The molecule has 0 unspecified atom stereocenters. The third-order valence-electron chi connectivity index (χ3n) is 3.12. The first-order valence-electron chi connectivity index (χ1n) is 6.01. The van der Waals surface area contributed by atoms with Gasteiger partial charge in [0.25, 0.3) is 0 Å². The average Bonchev–Trinajstić information content (AvgIpc) is 2.77. The van der Waals surface area contributed by atoms with Crippen LogP contribution in [0, 0.1) is 13.8 Å². The van der Waals surface area contributed by atoms with Gasteiger partial charge in [-0.1, -0.05) is 11.6 Å². The zero-order chi connectivity index (χ0) is 14.9. The number of methoxy groups -OCH3 is 2. The highest BCUT2D eigenvalue weighted by Crippen LogP contribution is 2.38. The minimum Gasteiger partial charge on any atom is -0.495 e. The molecule has 0 spiro atoms. The lowest BCUT2D eigenvalue weighted by Crippen LogP contribution is -2.03. The SMILES string of the molecule is COc1ccc(C(=O)c2cc(C)c(C)s2)c(OC)c1Cl. The molecule has 20 heavy (non-hydrogen) atoms. The number of aryl methyl sites for hydroxylation is 2. The molecule has 2 aromatic rings. The van der Waals surface area contributed by atoms with E-state index < -0.39 is 0 Å². The third-order valence-corrected chi connectivity index (χ3v) is 4.63. The summed E-state index contributed by atoms with van der Waals surface area (Å²) in [5.41, 5.74) is 1.55. The first kappa shape index (κ1) is 14.9. The summed E-state index contributed by atoms with van der Waals surface area (Å²) in [6.07, 6.45) is 0. The van der Waals surface area contributed by atoms with Crippen molar-refractivity contribution < 1.29 is 14.3 Å². The van der Waals surface area contributed by atoms with Gasteiger partial charge in [-0.15, -0.1) is 11.3 Å². The highest BCUT2D eigenvalue weighted by atomic mass is 35.5. The summed E-state index contributed by atoms with van der Waals surface area (Å²) in [6.45, 7) is 3.98. The van der Waals surface area contributed by atoms with E-state index in [4.69, 9.17) is 21.1 Å². The summed E-state index contributed by atoms with van der Waals surface area (Å²) in [4.78, 5) is 14.4. The fraction of sp³-hybridized carbons (Fsp3) is 0.267. The van der Waals surface area contributed by atoms with Crippen LogP contribution in [0.1, 0.15) is 25.7 Å². The van der Waals surface area contributed by atoms with Crippen LogP contribution in [0.2, 0.25) is 5.02 Å². The number of thiophene rings is 1. The van der Waals surface area contributed by atoms with Gasteiger partial charge in [0.1, 0.15) is 10.8 Å². The average molecular weight is 311 g/mol. The second kappa shape index (κ2) is 5.85. The van der Waals surface area contributed by atoms with Crippen LogP contribution >= 0.6 is 22.9 Å². The molecule has 2 rings (SSSR count). The predicted molar refractivity (Wildman–Crippen MR) is 81.8 cm³/mol. The second-order valence-electron chi connectivity index (χ2n) is 4.34. The van der Waals surface area contributed by atoms with Crippen LogP contribution in [0.3, 0.4) is 0 Å². The van der Waals surface area contributed by atoms with Gasteiger partial charge in [0.2, 0.25) is 5.78 Å². The van der Waals surface area contributed by atoms with Gasteiger partial charge in [0.15, 0.2) is 5.75 Å². The molecule has 1 heterocycles. The molecule has 0 fully saturated rings. The lowest BCUT2D eigenvalue weighted by atomic mass is 10.1. The van der Waals surface area contributed by atoms with Crippen molar-refractivity contribution in [1.29, 1.82) is 0 Å². The standard InChI is InChI=1S/C15H15ClO3S/c1-8-7-12(20-9(8)2)14(17)10-5-6-11(18-3)13(16)15(10)19-4/h5-7H,1-4H3. The Morgan fingerprint density at radius 3 is 2.40 bits per heavy atom. The van der Waals surface area contributed by atoms with E-state index in [-0.39, 0.29) is 5.78 Å². The van der Waals surface area contributed by atoms with E-state index in [2.05, 4.69) is 0 Å². The predicted octanol–water partition coefficient (Wildman–Crippen LogP) is 4.27. The van der Waals surface area contributed by atoms with Crippen molar-refractivity contribution in [3.63, 3.8) is 0 Å². The zero-order valence-corrected chi connectivity index (χ0v) is 13.3. The summed E-state index contributed by atoms with van der Waals surface area (Å²) < 4.78 is 10.4. The molecular weight excluding hydrogens is 296 g/mol. The second-order valence-corrected chi connectivity index (χ2v) is 5.98. The van der Waals surface area contributed by atoms with Crippen molar-refractivity contribution >= 4 is 28.7 Å². The number of halogens is 1. The van der Waals surface area contributed by atoms with E-state index in [1.165, 1.54) is 25.6 Å². The first-order chi connectivity index (χ1) is 9.49. The Bertz CT molecular complexity index is 642. The topological polar surface area (TPSA) is 35.5 Å². The van der Waals surface area contributed by atoms with Crippen molar-refractivity contribution in [1.82, 2.24) is 0 Å². The van der Waals surface area contributed by atoms with Crippen molar-refractivity contribution in [3.05, 3.63) is 44.1 Å². The Balaban J connectivity index is 2.52. The summed E-state index contributed by atoms with van der Waals surface area (Å²) in [5, 5.41) is 0.311. The van der Waals surface area contributed by atoms with Crippen LogP contribution in [-0.4, -0.2) is 20.0 Å². The number of hydrogen-bond donors (Lipinski definition) is 0. The normalized spacial score (nSPS) is 10.4. The van der Waals surface area contributed by atoms with Crippen molar-refractivity contribution in [2.75, 3.05) is 14.2 Å². The zero-order valence-electron chi connectivity index (χ0n) is 11.7. The quantitative estimate of drug-likeness (QED) is 0.791. The summed E-state index contributed by atoms with van der Waals surface area (Å²) >= 11 is 7.66. The maximum atomic E-state index is 12.6. The Hall–Kier alpha value is -1.52. The van der Waals surface area contributed by atoms with E-state index in [1.54, 1.807) is 12.1 Å². The Morgan fingerprint density at radius 1 is 1.20 bits per heavy atom. The Morgan fingerprint density at radius 2 is 1.90 bits per heavy atom. The molecule has 1 aromatic carbocycles. The summed E-state index contributed by atoms with van der Waals surface area (Å²) in [6, 6.07) is 5.24. The number of ether oxygens (including phenoxy) is 2. The summed E-state index contributed by atoms with van der Waals surface area (Å²) in [7, 11) is 3.01. The molecule has 106 valence electrons. The fourth-order valence-corrected chi connectivity index (χ4v) is 3.20. The van der Waals surface area contributed by atoms with Gasteiger partial charge in [0.05, 0.1) is 24.7 Å². The van der Waals surface area contributed by atoms with Crippen molar-refractivity contribution in [2.45, 2.75) is 13.8 Å². The van der Waals surface area contributed by atoms with Gasteiger partial charge in [0, 0.05) is 4.88 Å². The molecule has 0 amide bonds. The third kappa shape index (κ3) is 2.53. The van der Waals surface area contributed by atoms with Crippen molar-refractivity contribution in [2.24, 2.45) is 0 Å². The first-order valence-corrected chi connectivity index (χ1v) is 7.21. The van der Waals surface area contributed by atoms with Gasteiger partial charge in [-0.25, -0.2) is 0 Å². The highest BCUT2D eigenvalue weighted by molar-refractivity contribution is 7.14. The number of rotatable bonds is 4. The minimum atomic E-state index is -0.0902. The van der Waals surface area contributed by atoms with E-state index >= 15 is 0 Å². The van der Waals surface area contributed by atoms with Gasteiger partial charge in [-0.3, -0.25) is 4.79 Å². The molecule has 0 aliphatic rings. The highest BCUT2D eigenvalue weighted by Gasteiger charge is 2.21. The molecule has 0 saturated heterocycles. The van der Waals surface area contributed by atoms with Gasteiger partial charge >= 0.3 is 0 Å². The van der Waals surface area contributed by atoms with Gasteiger partial charge in [-0.2, -0.15) is 0 Å². The van der Waals surface area contributed by atoms with E-state index in [9.17, 15) is 4.79 Å². The molecule has 0 aliphatic carbocycles. The monoisotopic (exact) mass is 310 g/mol. The smallest absolute Gasteiger partial charge is 0.206 e. The van der Waals surface area contributed by atoms with Crippen LogP contribution in [0.25, 0.3) is 0 Å². The molecule has 0 bridgehead atoms. The Kier molecular flexibility index (Phi) is 4.35. The van der Waals surface area contributed by atoms with Crippen LogP contribution in [-0.2, 0) is 0 Å². The largest absolute Gasteiger partial charge is 0.495 e. The van der Waals surface area contributed by atoms with E-state index in [0.717, 1.165) is 10.4 Å². The van der Waals surface area contributed by atoms with Crippen LogP contribution in [0.5, 0.6) is 11.5 Å².